The summed E-state index contributed by atoms with van der Waals surface area (Å²) in [4.78, 5) is 35.0. The number of carbonyl (C=O) groups is 3. The molecule has 142 valence electrons. The molecule has 0 heterocycles. The van der Waals surface area contributed by atoms with Crippen LogP contribution in [0.3, 0.4) is 0 Å². The number of nitrogens with one attached hydrogen (secondary N) is 1. The highest BCUT2D eigenvalue weighted by Crippen LogP contribution is 2.23. The highest BCUT2D eigenvalue weighted by atomic mass is 16.6. The molecule has 0 saturated heterocycles. The van der Waals surface area contributed by atoms with E-state index in [9.17, 15) is 14.4 Å². The Labute approximate surface area is 153 Å². The van der Waals surface area contributed by atoms with E-state index in [1.807, 2.05) is 0 Å². The van der Waals surface area contributed by atoms with Gasteiger partial charge in [-0.3, -0.25) is 0 Å². The summed E-state index contributed by atoms with van der Waals surface area (Å²) in [6.07, 6.45) is 1.28. The fourth-order valence-corrected chi connectivity index (χ4v) is 2.10. The number of benzene rings is 1. The van der Waals surface area contributed by atoms with Gasteiger partial charge < -0.3 is 24.3 Å². The summed E-state index contributed by atoms with van der Waals surface area (Å²) >= 11 is 0. The quantitative estimate of drug-likeness (QED) is 0.455. The number of aldehydes is 1. The van der Waals surface area contributed by atoms with Gasteiger partial charge in [-0.05, 0) is 44.0 Å². The Hall–Kier alpha value is -2.83. The van der Waals surface area contributed by atoms with Crippen molar-refractivity contribution in [2.24, 2.45) is 0 Å². The molecule has 1 aromatic rings. The number of carbonyl (C=O) groups excluding carboxylic acids is 3. The van der Waals surface area contributed by atoms with Crippen LogP contribution in [0.1, 0.15) is 32.8 Å². The molecule has 0 fully saturated rings. The molecular formula is C19H25NO6. The van der Waals surface area contributed by atoms with Gasteiger partial charge in [0.1, 0.15) is 17.6 Å². The lowest BCUT2D eigenvalue weighted by Crippen LogP contribution is -2.40. The van der Waals surface area contributed by atoms with E-state index in [0.29, 0.717) is 23.2 Å². The number of methoxy groups -OCH3 is 2. The van der Waals surface area contributed by atoms with Crippen molar-refractivity contribution < 1.29 is 28.6 Å². The van der Waals surface area contributed by atoms with Crippen LogP contribution in [0, 0.1) is 0 Å². The molecule has 7 nitrogen and oxygen atoms in total. The molecule has 0 aliphatic heterocycles. The normalized spacial score (nSPS) is 12.7. The molecule has 1 aromatic carbocycles. The van der Waals surface area contributed by atoms with Crippen LogP contribution in [0.4, 0.5) is 4.79 Å². The largest absolute Gasteiger partial charge is 0.497 e. The van der Waals surface area contributed by atoms with E-state index in [1.165, 1.54) is 13.2 Å². The van der Waals surface area contributed by atoms with Crippen molar-refractivity contribution in [3.63, 3.8) is 0 Å². The molecule has 1 N–H and O–H groups in total. The second kappa shape index (κ2) is 9.60. The molecule has 0 unspecified atom stereocenters. The van der Waals surface area contributed by atoms with Crippen molar-refractivity contribution >= 4 is 23.9 Å². The van der Waals surface area contributed by atoms with Crippen molar-refractivity contribution in [2.45, 2.75) is 38.8 Å². The molecule has 0 aliphatic carbocycles. The minimum atomic E-state index is -0.858. The van der Waals surface area contributed by atoms with Gasteiger partial charge in [0.05, 0.1) is 20.3 Å². The first-order chi connectivity index (χ1) is 12.2. The zero-order chi connectivity index (χ0) is 19.7. The highest BCUT2D eigenvalue weighted by molar-refractivity contribution is 5.92. The van der Waals surface area contributed by atoms with Gasteiger partial charge in [0.25, 0.3) is 0 Å². The van der Waals surface area contributed by atoms with Gasteiger partial charge in [-0.15, -0.1) is 0 Å². The summed E-state index contributed by atoms with van der Waals surface area (Å²) in [6, 6.07) is 6.11. The number of rotatable bonds is 7. The number of alkyl carbamates (subject to hydrolysis) is 1. The van der Waals surface area contributed by atoms with Crippen molar-refractivity contribution in [1.82, 2.24) is 5.32 Å². The van der Waals surface area contributed by atoms with Crippen LogP contribution in [0.5, 0.6) is 5.75 Å². The average Bonchev–Trinajstić information content (AvgIpc) is 2.58. The molecule has 0 aliphatic rings. The third kappa shape index (κ3) is 7.38. The van der Waals surface area contributed by atoms with Gasteiger partial charge in [0.15, 0.2) is 0 Å². The number of amides is 1. The van der Waals surface area contributed by atoms with E-state index < -0.39 is 23.7 Å². The predicted octanol–water partition coefficient (Wildman–Crippen LogP) is 2.73. The Morgan fingerprint density at radius 2 is 1.77 bits per heavy atom. The summed E-state index contributed by atoms with van der Waals surface area (Å²) in [7, 11) is 2.81. The maximum absolute atomic E-state index is 11.9. The van der Waals surface area contributed by atoms with Crippen LogP contribution >= 0.6 is 0 Å². The molecule has 0 aromatic heterocycles. The van der Waals surface area contributed by atoms with Crippen molar-refractivity contribution in [2.75, 3.05) is 14.2 Å². The first-order valence-corrected chi connectivity index (χ1v) is 8.06. The molecule has 7 heteroatoms. The molecule has 0 radical (unpaired) electrons. The van der Waals surface area contributed by atoms with Crippen LogP contribution in [0.25, 0.3) is 5.57 Å². The van der Waals surface area contributed by atoms with E-state index >= 15 is 0 Å². The van der Waals surface area contributed by atoms with Crippen molar-refractivity contribution in [1.29, 1.82) is 0 Å². The highest BCUT2D eigenvalue weighted by Gasteiger charge is 2.21. The van der Waals surface area contributed by atoms with Gasteiger partial charge >= 0.3 is 12.1 Å². The summed E-state index contributed by atoms with van der Waals surface area (Å²) < 4.78 is 14.9. The second-order valence-electron chi connectivity index (χ2n) is 6.51. The predicted molar refractivity (Wildman–Crippen MR) is 96.8 cm³/mol. The maximum atomic E-state index is 11.9. The van der Waals surface area contributed by atoms with Gasteiger partial charge in [0, 0.05) is 12.5 Å². The first kappa shape index (κ1) is 21.2. The number of hydrogen-bond donors (Lipinski definition) is 1. The van der Waals surface area contributed by atoms with E-state index in [4.69, 9.17) is 9.47 Å². The standard InChI is InChI=1S/C19H25NO6/c1-19(2,3)26-18(23)20-15(12-21)10-14(11-17(22)25-5)13-6-8-16(24-4)9-7-13/h6-9,11-12,15H,10H2,1-5H3,(H,20,23)/b14-11+/t15-/m1/s1. The summed E-state index contributed by atoms with van der Waals surface area (Å²) in [5.74, 6) is 0.0997. The van der Waals surface area contributed by atoms with Crippen LogP contribution in [-0.4, -0.2) is 44.2 Å². The number of ether oxygens (including phenoxy) is 3. The topological polar surface area (TPSA) is 90.9 Å². The molecule has 0 bridgehead atoms. The molecule has 1 rings (SSSR count). The maximum Gasteiger partial charge on any atom is 0.408 e. The van der Waals surface area contributed by atoms with Crippen molar-refractivity contribution in [3.05, 3.63) is 35.9 Å². The fourth-order valence-electron chi connectivity index (χ4n) is 2.10. The smallest absolute Gasteiger partial charge is 0.408 e. The summed E-state index contributed by atoms with van der Waals surface area (Å²) in [6.45, 7) is 5.17. The summed E-state index contributed by atoms with van der Waals surface area (Å²) in [5, 5.41) is 2.49. The number of esters is 1. The van der Waals surface area contributed by atoms with Crippen LogP contribution < -0.4 is 10.1 Å². The first-order valence-electron chi connectivity index (χ1n) is 8.06. The molecular weight excluding hydrogens is 338 g/mol. The molecule has 0 saturated carbocycles. The Kier molecular flexibility index (Phi) is 7.83. The lowest BCUT2D eigenvalue weighted by Gasteiger charge is -2.22. The minimum Gasteiger partial charge on any atom is -0.497 e. The third-order valence-corrected chi connectivity index (χ3v) is 3.26. The van der Waals surface area contributed by atoms with E-state index in [2.05, 4.69) is 10.1 Å². The number of hydrogen-bond acceptors (Lipinski definition) is 6. The molecule has 0 spiro atoms. The van der Waals surface area contributed by atoms with E-state index in [-0.39, 0.29) is 6.42 Å². The second-order valence-corrected chi connectivity index (χ2v) is 6.51. The van der Waals surface area contributed by atoms with Gasteiger partial charge in [0.2, 0.25) is 0 Å². The minimum absolute atomic E-state index is 0.101. The Morgan fingerprint density at radius 1 is 1.15 bits per heavy atom. The zero-order valence-electron chi connectivity index (χ0n) is 15.7. The lowest BCUT2D eigenvalue weighted by molar-refractivity contribution is -0.134. The van der Waals surface area contributed by atoms with E-state index in [0.717, 1.165) is 0 Å². The van der Waals surface area contributed by atoms with Gasteiger partial charge in [-0.25, -0.2) is 9.59 Å². The van der Waals surface area contributed by atoms with Crippen LogP contribution in [0.2, 0.25) is 0 Å². The molecule has 1 amide bonds. The lowest BCUT2D eigenvalue weighted by atomic mass is 9.98. The monoisotopic (exact) mass is 363 g/mol. The SMILES string of the molecule is COC(=O)/C=C(\C[C@H](C=O)NC(=O)OC(C)(C)C)c1ccc(OC)cc1. The van der Waals surface area contributed by atoms with Gasteiger partial charge in [-0.1, -0.05) is 12.1 Å². The van der Waals surface area contributed by atoms with Crippen molar-refractivity contribution in [3.8, 4) is 5.75 Å². The Balaban J connectivity index is 2.99. The van der Waals surface area contributed by atoms with Crippen LogP contribution in [-0.2, 0) is 19.1 Å². The average molecular weight is 363 g/mol. The van der Waals surface area contributed by atoms with E-state index in [1.54, 1.807) is 52.1 Å². The van der Waals surface area contributed by atoms with Gasteiger partial charge in [-0.2, -0.15) is 0 Å². The Bertz CT molecular complexity index is 658. The Morgan fingerprint density at radius 3 is 2.23 bits per heavy atom. The van der Waals surface area contributed by atoms with Crippen LogP contribution in [0.15, 0.2) is 30.3 Å². The fraction of sp³-hybridized carbons (Fsp3) is 0.421. The molecule has 26 heavy (non-hydrogen) atoms. The summed E-state index contributed by atoms with van der Waals surface area (Å²) in [5.41, 5.74) is 0.555. The zero-order valence-corrected chi connectivity index (χ0v) is 15.7. The third-order valence-electron chi connectivity index (χ3n) is 3.26. The molecule has 1 atom stereocenters.